The van der Waals surface area contributed by atoms with E-state index in [-0.39, 0.29) is 25.1 Å². The van der Waals surface area contributed by atoms with E-state index in [1.807, 2.05) is 30.3 Å². The van der Waals surface area contributed by atoms with Crippen molar-refractivity contribution in [1.29, 1.82) is 0 Å². The molecule has 0 saturated heterocycles. The third-order valence-corrected chi connectivity index (χ3v) is 5.28. The molecule has 0 unspecified atom stereocenters. The lowest BCUT2D eigenvalue weighted by Crippen LogP contribution is -2.35. The Morgan fingerprint density at radius 1 is 1.19 bits per heavy atom. The van der Waals surface area contributed by atoms with Gasteiger partial charge >= 0.3 is 6.18 Å². The Balaban J connectivity index is 1.40. The summed E-state index contributed by atoms with van der Waals surface area (Å²) in [5.74, 6) is -0.615. The number of hydrogen-bond acceptors (Lipinski definition) is 6. The van der Waals surface area contributed by atoms with Gasteiger partial charge in [0.05, 0.1) is 12.7 Å². The van der Waals surface area contributed by atoms with Gasteiger partial charge in [0, 0.05) is 5.56 Å². The maximum Gasteiger partial charge on any atom is 0.413 e. The van der Waals surface area contributed by atoms with Crippen LogP contribution >= 0.6 is 11.3 Å². The average molecular weight is 394 g/mol. The van der Waals surface area contributed by atoms with Crippen molar-refractivity contribution in [3.05, 3.63) is 47.2 Å². The van der Waals surface area contributed by atoms with Crippen LogP contribution in [-0.2, 0) is 12.1 Å². The summed E-state index contributed by atoms with van der Waals surface area (Å²) in [6.07, 6.45) is -3.51. The van der Waals surface area contributed by atoms with E-state index in [9.17, 15) is 18.0 Å². The average Bonchev–Trinajstić information content (AvgIpc) is 3.12. The summed E-state index contributed by atoms with van der Waals surface area (Å²) in [4.78, 5) is 12.2. The first-order chi connectivity index (χ1) is 12.9. The van der Waals surface area contributed by atoms with Crippen LogP contribution in [0.25, 0.3) is 10.6 Å². The maximum absolute atomic E-state index is 13.1. The summed E-state index contributed by atoms with van der Waals surface area (Å²) in [5, 5.41) is 19.0. The monoisotopic (exact) mass is 394 g/mol. The van der Waals surface area contributed by atoms with Gasteiger partial charge < -0.3 is 5.32 Å². The minimum atomic E-state index is -4.42. The molecular weight excluding hydrogens is 381 g/mol. The zero-order valence-corrected chi connectivity index (χ0v) is 14.6. The molecule has 1 amide bonds. The van der Waals surface area contributed by atoms with Crippen molar-refractivity contribution in [2.75, 3.05) is 0 Å². The predicted molar refractivity (Wildman–Crippen MR) is 89.8 cm³/mol. The van der Waals surface area contributed by atoms with Crippen molar-refractivity contribution in [2.24, 2.45) is 0 Å². The molecular formula is C16H13F3N6OS. The molecule has 4 rings (SSSR count). The van der Waals surface area contributed by atoms with Crippen LogP contribution in [0.3, 0.4) is 0 Å². The van der Waals surface area contributed by atoms with Gasteiger partial charge in [-0.15, -0.1) is 15.3 Å². The highest BCUT2D eigenvalue weighted by Crippen LogP contribution is 2.54. The number of halogens is 3. The highest BCUT2D eigenvalue weighted by atomic mass is 32.1. The molecule has 1 aromatic carbocycles. The number of benzene rings is 1. The van der Waals surface area contributed by atoms with E-state index >= 15 is 0 Å². The van der Waals surface area contributed by atoms with Gasteiger partial charge in [-0.3, -0.25) is 4.79 Å². The fourth-order valence-corrected chi connectivity index (χ4v) is 3.39. The van der Waals surface area contributed by atoms with Crippen molar-refractivity contribution in [1.82, 2.24) is 30.5 Å². The molecule has 1 aliphatic carbocycles. The van der Waals surface area contributed by atoms with Crippen LogP contribution in [0, 0.1) is 0 Å². The molecule has 1 aliphatic rings. The number of hydrogen-bond donors (Lipinski definition) is 1. The molecule has 0 atom stereocenters. The van der Waals surface area contributed by atoms with Gasteiger partial charge in [0.15, 0.2) is 11.2 Å². The largest absolute Gasteiger partial charge is 0.413 e. The van der Waals surface area contributed by atoms with Crippen LogP contribution in [0.1, 0.15) is 28.3 Å². The topological polar surface area (TPSA) is 85.6 Å². The molecule has 0 spiro atoms. The lowest BCUT2D eigenvalue weighted by atomic mass is 10.2. The van der Waals surface area contributed by atoms with Crippen LogP contribution in [0.2, 0.25) is 0 Å². The predicted octanol–water partition coefficient (Wildman–Crippen LogP) is 2.78. The molecule has 27 heavy (non-hydrogen) atoms. The molecule has 0 aliphatic heterocycles. The Morgan fingerprint density at radius 3 is 2.59 bits per heavy atom. The van der Waals surface area contributed by atoms with Crippen molar-refractivity contribution in [2.45, 2.75) is 31.1 Å². The highest BCUT2D eigenvalue weighted by molar-refractivity contribution is 7.14. The van der Waals surface area contributed by atoms with Gasteiger partial charge in [-0.1, -0.05) is 46.9 Å². The molecule has 0 bridgehead atoms. The number of amides is 1. The van der Waals surface area contributed by atoms with E-state index in [1.165, 1.54) is 11.3 Å². The second-order valence-electron chi connectivity index (χ2n) is 6.13. The third kappa shape index (κ3) is 3.29. The molecule has 11 heteroatoms. The first-order valence-corrected chi connectivity index (χ1v) is 8.86. The van der Waals surface area contributed by atoms with Gasteiger partial charge in [0.25, 0.3) is 5.91 Å². The third-order valence-electron chi connectivity index (χ3n) is 4.30. The second-order valence-corrected chi connectivity index (χ2v) is 7.19. The van der Waals surface area contributed by atoms with E-state index in [0.29, 0.717) is 10.0 Å². The molecule has 2 aromatic heterocycles. The smallest absolute Gasteiger partial charge is 0.344 e. The minimum absolute atomic E-state index is 0.0615. The van der Waals surface area contributed by atoms with E-state index in [0.717, 1.165) is 16.4 Å². The van der Waals surface area contributed by atoms with Gasteiger partial charge in [-0.05, 0) is 12.8 Å². The number of nitrogens with zero attached hydrogens (tertiary/aromatic N) is 5. The fourth-order valence-electron chi connectivity index (χ4n) is 2.61. The standard InChI is InChI=1S/C16H13F3N6OS/c17-16(18,19)15(6-7-15)25-9-11(21-24-25)13(26)20-8-12-22-23-14(27-12)10-4-2-1-3-5-10/h1-5,9H,6-8H2,(H,20,26). The maximum atomic E-state index is 13.1. The molecule has 1 N–H and O–H groups in total. The SMILES string of the molecule is O=C(NCc1nnc(-c2ccccc2)s1)c1cn(C2(C(F)(F)F)CC2)nn1. The molecule has 1 fully saturated rings. The van der Waals surface area contributed by atoms with E-state index in [1.54, 1.807) is 0 Å². The van der Waals surface area contributed by atoms with Crippen LogP contribution in [0.4, 0.5) is 13.2 Å². The summed E-state index contributed by atoms with van der Waals surface area (Å²) >= 11 is 1.32. The van der Waals surface area contributed by atoms with Crippen molar-refractivity contribution < 1.29 is 18.0 Å². The number of carbonyl (C=O) groups excluding carboxylic acids is 1. The Labute approximate surface area is 155 Å². The quantitative estimate of drug-likeness (QED) is 0.719. The summed E-state index contributed by atoms with van der Waals surface area (Å²) in [5.41, 5.74) is -1.28. The number of rotatable bonds is 5. The second kappa shape index (κ2) is 6.41. The highest BCUT2D eigenvalue weighted by Gasteiger charge is 2.66. The first kappa shape index (κ1) is 17.6. The Morgan fingerprint density at radius 2 is 1.93 bits per heavy atom. The van der Waals surface area contributed by atoms with Crippen LogP contribution in [0.5, 0.6) is 0 Å². The molecule has 140 valence electrons. The van der Waals surface area contributed by atoms with Crippen molar-refractivity contribution in [3.63, 3.8) is 0 Å². The number of carbonyl (C=O) groups is 1. The summed E-state index contributed by atoms with van der Waals surface area (Å²) in [7, 11) is 0. The Hall–Kier alpha value is -2.82. The Kier molecular flexibility index (Phi) is 4.17. The zero-order valence-electron chi connectivity index (χ0n) is 13.8. The Bertz CT molecular complexity index is 964. The van der Waals surface area contributed by atoms with E-state index < -0.39 is 17.6 Å². The van der Waals surface area contributed by atoms with E-state index in [2.05, 4.69) is 25.8 Å². The fraction of sp³-hybridized carbons (Fsp3) is 0.312. The van der Waals surface area contributed by atoms with Gasteiger partial charge in [-0.25, -0.2) is 4.68 Å². The molecule has 1 saturated carbocycles. The zero-order chi connectivity index (χ0) is 19.1. The summed E-state index contributed by atoms with van der Waals surface area (Å²) in [6.45, 7) is 0.0978. The van der Waals surface area contributed by atoms with Crippen molar-refractivity contribution in [3.8, 4) is 10.6 Å². The lowest BCUT2D eigenvalue weighted by molar-refractivity contribution is -0.182. The first-order valence-electron chi connectivity index (χ1n) is 8.05. The van der Waals surface area contributed by atoms with Gasteiger partial charge in [0.2, 0.25) is 0 Å². The van der Waals surface area contributed by atoms with Crippen molar-refractivity contribution >= 4 is 17.2 Å². The van der Waals surface area contributed by atoms with Crippen LogP contribution in [-0.4, -0.2) is 37.3 Å². The lowest BCUT2D eigenvalue weighted by Gasteiger charge is -2.18. The molecule has 7 nitrogen and oxygen atoms in total. The number of nitrogens with one attached hydrogen (secondary N) is 1. The van der Waals surface area contributed by atoms with Crippen LogP contribution < -0.4 is 5.32 Å². The summed E-state index contributed by atoms with van der Waals surface area (Å²) < 4.78 is 40.0. The summed E-state index contributed by atoms with van der Waals surface area (Å²) in [6, 6.07) is 9.46. The molecule has 2 heterocycles. The van der Waals surface area contributed by atoms with Gasteiger partial charge in [0.1, 0.15) is 10.0 Å². The molecule has 3 aromatic rings. The van der Waals surface area contributed by atoms with Gasteiger partial charge in [-0.2, -0.15) is 13.2 Å². The number of aromatic nitrogens is 5. The van der Waals surface area contributed by atoms with Crippen LogP contribution in [0.15, 0.2) is 36.5 Å². The normalized spacial score (nSPS) is 15.5. The minimum Gasteiger partial charge on any atom is -0.344 e. The molecule has 0 radical (unpaired) electrons. The van der Waals surface area contributed by atoms with E-state index in [4.69, 9.17) is 0 Å². The number of alkyl halides is 3.